The van der Waals surface area contributed by atoms with Gasteiger partial charge in [-0.15, -0.1) is 0 Å². The van der Waals surface area contributed by atoms with Gasteiger partial charge in [0.25, 0.3) is 0 Å². The molecule has 2 aromatic carbocycles. The molecular weight excluding hydrogens is 537 g/mol. The molecule has 1 atom stereocenters. The Balaban J connectivity index is 2.21. The van der Waals surface area contributed by atoms with Crippen molar-refractivity contribution in [3.05, 3.63) is 58.1 Å². The SMILES string of the molecule is COc1ccc(N(CCCC(=O)N(Cc2ccc(Cl)c(Cl)c2)[C@H](C)C(=O)NC(C)(C)C)S(C)(=O)=O)cc1. The highest BCUT2D eigenvalue weighted by Crippen LogP contribution is 2.25. The summed E-state index contributed by atoms with van der Waals surface area (Å²) in [4.78, 5) is 27.8. The van der Waals surface area contributed by atoms with E-state index in [1.165, 1.54) is 16.3 Å². The molecule has 11 heteroatoms. The van der Waals surface area contributed by atoms with Crippen molar-refractivity contribution in [3.8, 4) is 5.75 Å². The molecule has 37 heavy (non-hydrogen) atoms. The average Bonchev–Trinajstić information content (AvgIpc) is 2.80. The highest BCUT2D eigenvalue weighted by molar-refractivity contribution is 7.92. The third-order valence-electron chi connectivity index (χ3n) is 5.52. The van der Waals surface area contributed by atoms with Crippen molar-refractivity contribution in [2.75, 3.05) is 24.2 Å². The molecule has 0 unspecified atom stereocenters. The molecule has 0 heterocycles. The summed E-state index contributed by atoms with van der Waals surface area (Å²) in [7, 11) is -2.06. The van der Waals surface area contributed by atoms with Crippen LogP contribution in [0, 0.1) is 0 Å². The van der Waals surface area contributed by atoms with Crippen LogP contribution >= 0.6 is 23.2 Å². The zero-order chi connectivity index (χ0) is 28.0. The summed E-state index contributed by atoms with van der Waals surface area (Å²) in [5.74, 6) is 0.0237. The van der Waals surface area contributed by atoms with Crippen molar-refractivity contribution < 1.29 is 22.7 Å². The number of amides is 2. The molecular formula is C26H35Cl2N3O5S. The minimum Gasteiger partial charge on any atom is -0.497 e. The Morgan fingerprint density at radius 3 is 2.19 bits per heavy atom. The largest absolute Gasteiger partial charge is 0.497 e. The van der Waals surface area contributed by atoms with Gasteiger partial charge >= 0.3 is 0 Å². The zero-order valence-corrected chi connectivity index (χ0v) is 24.4. The van der Waals surface area contributed by atoms with Crippen LogP contribution in [-0.2, 0) is 26.2 Å². The van der Waals surface area contributed by atoms with Gasteiger partial charge in [0.15, 0.2) is 0 Å². The van der Waals surface area contributed by atoms with E-state index in [0.717, 1.165) is 6.26 Å². The Labute approximate surface area is 229 Å². The lowest BCUT2D eigenvalue weighted by Crippen LogP contribution is -2.52. The second-order valence-corrected chi connectivity index (χ2v) is 12.5. The normalized spacial score (nSPS) is 12.5. The van der Waals surface area contributed by atoms with E-state index in [2.05, 4.69) is 5.32 Å². The van der Waals surface area contributed by atoms with Crippen molar-refractivity contribution in [2.45, 2.75) is 58.7 Å². The predicted molar refractivity (Wildman–Crippen MR) is 149 cm³/mol. The first-order valence-electron chi connectivity index (χ1n) is 11.8. The molecule has 204 valence electrons. The molecule has 2 amide bonds. The van der Waals surface area contributed by atoms with Gasteiger partial charge in [-0.25, -0.2) is 8.42 Å². The van der Waals surface area contributed by atoms with Gasteiger partial charge < -0.3 is 15.0 Å². The van der Waals surface area contributed by atoms with Crippen molar-refractivity contribution in [1.82, 2.24) is 10.2 Å². The van der Waals surface area contributed by atoms with Gasteiger partial charge in [-0.2, -0.15) is 0 Å². The van der Waals surface area contributed by atoms with Crippen molar-refractivity contribution in [3.63, 3.8) is 0 Å². The van der Waals surface area contributed by atoms with E-state index in [1.54, 1.807) is 49.4 Å². The van der Waals surface area contributed by atoms with Crippen LogP contribution in [0.2, 0.25) is 10.0 Å². The van der Waals surface area contributed by atoms with E-state index in [4.69, 9.17) is 27.9 Å². The summed E-state index contributed by atoms with van der Waals surface area (Å²) in [5.41, 5.74) is 0.716. The van der Waals surface area contributed by atoms with Gasteiger partial charge in [0, 0.05) is 25.0 Å². The zero-order valence-electron chi connectivity index (χ0n) is 22.0. The lowest BCUT2D eigenvalue weighted by Gasteiger charge is -2.32. The topological polar surface area (TPSA) is 96.0 Å². The number of methoxy groups -OCH3 is 1. The Hall–Kier alpha value is -2.49. The van der Waals surface area contributed by atoms with Crippen LogP contribution in [0.25, 0.3) is 0 Å². The molecule has 0 fully saturated rings. The number of carbonyl (C=O) groups excluding carboxylic acids is 2. The fourth-order valence-corrected chi connectivity index (χ4v) is 4.93. The molecule has 1 N–H and O–H groups in total. The van der Waals surface area contributed by atoms with Gasteiger partial charge in [-0.3, -0.25) is 13.9 Å². The van der Waals surface area contributed by atoms with Crippen LogP contribution in [0.3, 0.4) is 0 Å². The minimum atomic E-state index is -3.59. The molecule has 8 nitrogen and oxygen atoms in total. The molecule has 0 aliphatic rings. The number of nitrogens with zero attached hydrogens (tertiary/aromatic N) is 2. The third kappa shape index (κ3) is 9.39. The molecule has 0 radical (unpaired) electrons. The number of anilines is 1. The molecule has 2 aromatic rings. The van der Waals surface area contributed by atoms with E-state index >= 15 is 0 Å². The molecule has 0 saturated carbocycles. The van der Waals surface area contributed by atoms with Crippen molar-refractivity contribution in [1.29, 1.82) is 0 Å². The maximum absolute atomic E-state index is 13.4. The van der Waals surface area contributed by atoms with Crippen LogP contribution in [0.5, 0.6) is 5.75 Å². The molecule has 2 rings (SSSR count). The fraction of sp³-hybridized carbons (Fsp3) is 0.462. The molecule has 0 spiro atoms. The van der Waals surface area contributed by atoms with Gasteiger partial charge in [-0.05, 0) is 76.1 Å². The molecule has 0 saturated heterocycles. The first-order chi connectivity index (χ1) is 17.1. The van der Waals surface area contributed by atoms with E-state index in [9.17, 15) is 18.0 Å². The molecule has 0 aliphatic carbocycles. The minimum absolute atomic E-state index is 0.0383. The van der Waals surface area contributed by atoms with Crippen LogP contribution in [0.15, 0.2) is 42.5 Å². The average molecular weight is 573 g/mol. The molecule has 0 bridgehead atoms. The summed E-state index contributed by atoms with van der Waals surface area (Å²) in [6.45, 7) is 7.49. The molecule has 0 aliphatic heterocycles. The standard InChI is InChI=1S/C26H35Cl2N3O5S/c1-18(25(33)29-26(2,3)4)30(17-19-9-14-22(27)23(28)16-19)24(32)8-7-15-31(37(6,34)35)20-10-12-21(36-5)13-11-20/h9-14,16,18H,7-8,15,17H2,1-6H3,(H,29,33)/t18-/m1/s1. The smallest absolute Gasteiger partial charge is 0.242 e. The van der Waals surface area contributed by atoms with E-state index in [-0.39, 0.29) is 37.7 Å². The Kier molecular flexibility index (Phi) is 10.7. The number of nitrogens with one attached hydrogen (secondary N) is 1. The second kappa shape index (κ2) is 12.8. The van der Waals surface area contributed by atoms with Crippen molar-refractivity contribution in [2.24, 2.45) is 0 Å². The van der Waals surface area contributed by atoms with E-state index < -0.39 is 21.6 Å². The maximum Gasteiger partial charge on any atom is 0.242 e. The van der Waals surface area contributed by atoms with Crippen LogP contribution in [0.1, 0.15) is 46.1 Å². The number of hydrogen-bond acceptors (Lipinski definition) is 5. The Morgan fingerprint density at radius 1 is 1.05 bits per heavy atom. The first-order valence-corrected chi connectivity index (χ1v) is 14.4. The van der Waals surface area contributed by atoms with Gasteiger partial charge in [0.05, 0.1) is 29.1 Å². The van der Waals surface area contributed by atoms with E-state index in [1.807, 2.05) is 20.8 Å². The van der Waals surface area contributed by atoms with Crippen molar-refractivity contribution >= 4 is 50.7 Å². The lowest BCUT2D eigenvalue weighted by molar-refractivity contribution is -0.141. The number of ether oxygens (including phenoxy) is 1. The van der Waals surface area contributed by atoms with Gasteiger partial charge in [0.2, 0.25) is 21.8 Å². The quantitative estimate of drug-likeness (QED) is 0.414. The highest BCUT2D eigenvalue weighted by atomic mass is 35.5. The number of hydrogen-bond donors (Lipinski definition) is 1. The second-order valence-electron chi connectivity index (χ2n) is 9.82. The first kappa shape index (κ1) is 30.7. The number of halogens is 2. The van der Waals surface area contributed by atoms with Crippen LogP contribution in [0.4, 0.5) is 5.69 Å². The fourth-order valence-electron chi connectivity index (χ4n) is 3.64. The van der Waals surface area contributed by atoms with Crippen LogP contribution < -0.4 is 14.4 Å². The number of carbonyl (C=O) groups is 2. The summed E-state index contributed by atoms with van der Waals surface area (Å²) >= 11 is 12.2. The number of sulfonamides is 1. The monoisotopic (exact) mass is 571 g/mol. The Bertz CT molecular complexity index is 1200. The maximum atomic E-state index is 13.4. The van der Waals surface area contributed by atoms with Gasteiger partial charge in [-0.1, -0.05) is 29.3 Å². The number of benzene rings is 2. The summed E-state index contributed by atoms with van der Waals surface area (Å²) < 4.78 is 31.3. The van der Waals surface area contributed by atoms with Crippen LogP contribution in [-0.4, -0.2) is 56.6 Å². The molecule has 0 aromatic heterocycles. The third-order valence-corrected chi connectivity index (χ3v) is 7.45. The highest BCUT2D eigenvalue weighted by Gasteiger charge is 2.28. The Morgan fingerprint density at radius 2 is 1.68 bits per heavy atom. The lowest BCUT2D eigenvalue weighted by atomic mass is 10.1. The summed E-state index contributed by atoms with van der Waals surface area (Å²) in [6, 6.07) is 10.9. The summed E-state index contributed by atoms with van der Waals surface area (Å²) in [6.07, 6.45) is 1.41. The predicted octanol–water partition coefficient (Wildman–Crippen LogP) is 4.88. The number of rotatable bonds is 11. The summed E-state index contributed by atoms with van der Waals surface area (Å²) in [5, 5.41) is 3.65. The van der Waals surface area contributed by atoms with Gasteiger partial charge in [0.1, 0.15) is 11.8 Å². The van der Waals surface area contributed by atoms with E-state index in [0.29, 0.717) is 27.0 Å².